The lowest BCUT2D eigenvalue weighted by molar-refractivity contribution is 0.733. The summed E-state index contributed by atoms with van der Waals surface area (Å²) in [6.45, 7) is 1.82. The van der Waals surface area contributed by atoms with E-state index in [0.717, 1.165) is 10.1 Å². The molecule has 1 aromatic heterocycles. The fraction of sp³-hybridized carbons (Fsp3) is 0.167. The summed E-state index contributed by atoms with van der Waals surface area (Å²) in [7, 11) is 1.41. The molecule has 6 heteroatoms. The van der Waals surface area contributed by atoms with Crippen molar-refractivity contribution >= 4 is 17.4 Å². The standard InChI is InChI=1S/C12H12ClN3O2/c1-7-5-8(13)3-4-9(7)16-10(14)6-11(17)15(2)12(16)18/h3-6H,14H2,1-2H3. The van der Waals surface area contributed by atoms with Gasteiger partial charge in [0.25, 0.3) is 5.56 Å². The first kappa shape index (κ1) is 12.4. The van der Waals surface area contributed by atoms with Crippen molar-refractivity contribution in [1.29, 1.82) is 0 Å². The number of hydrogen-bond acceptors (Lipinski definition) is 3. The van der Waals surface area contributed by atoms with Crippen LogP contribution in [0.3, 0.4) is 0 Å². The SMILES string of the molecule is Cc1cc(Cl)ccc1-n1c(N)cc(=O)n(C)c1=O. The molecule has 0 aliphatic carbocycles. The smallest absolute Gasteiger partial charge is 0.336 e. The molecule has 1 aromatic carbocycles. The van der Waals surface area contributed by atoms with E-state index in [2.05, 4.69) is 0 Å². The quantitative estimate of drug-likeness (QED) is 0.839. The van der Waals surface area contributed by atoms with E-state index in [1.165, 1.54) is 17.7 Å². The zero-order chi connectivity index (χ0) is 13.4. The predicted octanol–water partition coefficient (Wildman–Crippen LogP) is 1.08. The lowest BCUT2D eigenvalue weighted by atomic mass is 10.2. The Morgan fingerprint density at radius 1 is 1.22 bits per heavy atom. The first-order valence-electron chi connectivity index (χ1n) is 5.27. The van der Waals surface area contributed by atoms with Crippen molar-refractivity contribution in [1.82, 2.24) is 9.13 Å². The molecule has 0 fully saturated rings. The third-order valence-electron chi connectivity index (χ3n) is 2.74. The number of anilines is 1. The molecule has 0 radical (unpaired) electrons. The van der Waals surface area contributed by atoms with Gasteiger partial charge in [-0.15, -0.1) is 0 Å². The van der Waals surface area contributed by atoms with Crippen LogP contribution in [0, 0.1) is 6.92 Å². The van der Waals surface area contributed by atoms with Gasteiger partial charge in [-0.25, -0.2) is 9.36 Å². The van der Waals surface area contributed by atoms with Crippen molar-refractivity contribution in [2.45, 2.75) is 6.92 Å². The molecule has 0 aliphatic heterocycles. The molecule has 0 saturated carbocycles. The van der Waals surface area contributed by atoms with Gasteiger partial charge in [0.05, 0.1) is 5.69 Å². The molecule has 2 aromatic rings. The Labute approximate surface area is 108 Å². The zero-order valence-electron chi connectivity index (χ0n) is 9.98. The number of aryl methyl sites for hydroxylation is 1. The summed E-state index contributed by atoms with van der Waals surface area (Å²) in [6, 6.07) is 6.31. The molecular formula is C12H12ClN3O2. The summed E-state index contributed by atoms with van der Waals surface area (Å²) in [4.78, 5) is 23.5. The number of nitrogens with two attached hydrogens (primary N) is 1. The van der Waals surface area contributed by atoms with E-state index in [1.807, 2.05) is 6.92 Å². The van der Waals surface area contributed by atoms with E-state index in [0.29, 0.717) is 10.7 Å². The maximum absolute atomic E-state index is 12.1. The Balaban J connectivity index is 2.84. The molecule has 0 bridgehead atoms. The summed E-state index contributed by atoms with van der Waals surface area (Å²) in [6.07, 6.45) is 0. The zero-order valence-corrected chi connectivity index (χ0v) is 10.7. The van der Waals surface area contributed by atoms with E-state index in [9.17, 15) is 9.59 Å². The summed E-state index contributed by atoms with van der Waals surface area (Å²) >= 11 is 5.87. The maximum atomic E-state index is 12.1. The average Bonchev–Trinajstić information content (AvgIpc) is 2.29. The molecule has 0 saturated heterocycles. The van der Waals surface area contributed by atoms with Crippen LogP contribution >= 0.6 is 11.6 Å². The van der Waals surface area contributed by atoms with Crippen molar-refractivity contribution in [3.63, 3.8) is 0 Å². The van der Waals surface area contributed by atoms with E-state index in [-0.39, 0.29) is 5.82 Å². The highest BCUT2D eigenvalue weighted by molar-refractivity contribution is 6.30. The lowest BCUT2D eigenvalue weighted by Gasteiger charge is -2.13. The van der Waals surface area contributed by atoms with Crippen molar-refractivity contribution < 1.29 is 0 Å². The topological polar surface area (TPSA) is 70.0 Å². The van der Waals surface area contributed by atoms with Gasteiger partial charge in [-0.05, 0) is 30.7 Å². The van der Waals surface area contributed by atoms with Gasteiger partial charge in [-0.1, -0.05) is 11.6 Å². The molecule has 0 amide bonds. The van der Waals surface area contributed by atoms with Gasteiger partial charge in [0.1, 0.15) is 5.82 Å². The highest BCUT2D eigenvalue weighted by atomic mass is 35.5. The van der Waals surface area contributed by atoms with Gasteiger partial charge < -0.3 is 5.73 Å². The molecule has 18 heavy (non-hydrogen) atoms. The molecule has 0 aliphatic rings. The highest BCUT2D eigenvalue weighted by Gasteiger charge is 2.10. The summed E-state index contributed by atoms with van der Waals surface area (Å²) < 4.78 is 2.29. The van der Waals surface area contributed by atoms with E-state index in [1.54, 1.807) is 18.2 Å². The Bertz CT molecular complexity index is 731. The van der Waals surface area contributed by atoms with E-state index >= 15 is 0 Å². The van der Waals surface area contributed by atoms with Gasteiger partial charge >= 0.3 is 5.69 Å². The fourth-order valence-electron chi connectivity index (χ4n) is 1.75. The maximum Gasteiger partial charge on any atom is 0.336 e. The predicted molar refractivity (Wildman–Crippen MR) is 71.4 cm³/mol. The minimum Gasteiger partial charge on any atom is -0.385 e. The van der Waals surface area contributed by atoms with Crippen molar-refractivity contribution in [3.05, 3.63) is 55.7 Å². The third kappa shape index (κ3) is 1.93. The number of rotatable bonds is 1. The van der Waals surface area contributed by atoms with Crippen molar-refractivity contribution in [2.75, 3.05) is 5.73 Å². The number of hydrogen-bond donors (Lipinski definition) is 1. The van der Waals surface area contributed by atoms with Crippen LogP contribution in [-0.4, -0.2) is 9.13 Å². The van der Waals surface area contributed by atoms with Gasteiger partial charge in [-0.3, -0.25) is 9.36 Å². The fourth-order valence-corrected chi connectivity index (χ4v) is 1.98. The van der Waals surface area contributed by atoms with Crippen LogP contribution in [0.25, 0.3) is 5.69 Å². The molecule has 0 atom stereocenters. The van der Waals surface area contributed by atoms with Crippen LogP contribution in [0.5, 0.6) is 0 Å². The first-order chi connectivity index (χ1) is 8.41. The second-order valence-corrected chi connectivity index (χ2v) is 4.45. The van der Waals surface area contributed by atoms with Crippen molar-refractivity contribution in [2.24, 2.45) is 7.05 Å². The Kier molecular flexibility index (Phi) is 3.00. The Morgan fingerprint density at radius 3 is 2.50 bits per heavy atom. The first-order valence-corrected chi connectivity index (χ1v) is 5.64. The minimum absolute atomic E-state index is 0.105. The molecular weight excluding hydrogens is 254 g/mol. The van der Waals surface area contributed by atoms with Crippen LogP contribution in [0.2, 0.25) is 5.02 Å². The lowest BCUT2D eigenvalue weighted by Crippen LogP contribution is -2.38. The molecule has 1 heterocycles. The van der Waals surface area contributed by atoms with E-state index in [4.69, 9.17) is 17.3 Å². The molecule has 0 unspecified atom stereocenters. The monoisotopic (exact) mass is 265 g/mol. The Morgan fingerprint density at radius 2 is 1.89 bits per heavy atom. The Hall–Kier alpha value is -2.01. The summed E-state index contributed by atoms with van der Waals surface area (Å²) in [5.74, 6) is 0.105. The van der Waals surface area contributed by atoms with Gasteiger partial charge in [0.15, 0.2) is 0 Å². The van der Waals surface area contributed by atoms with E-state index < -0.39 is 11.2 Å². The van der Waals surface area contributed by atoms with Crippen LogP contribution < -0.4 is 17.0 Å². The second kappa shape index (κ2) is 4.34. The number of halogens is 1. The summed E-state index contributed by atoms with van der Waals surface area (Å²) in [5, 5.41) is 0.577. The van der Waals surface area contributed by atoms with Gasteiger partial charge in [0.2, 0.25) is 0 Å². The molecule has 94 valence electrons. The number of aromatic nitrogens is 2. The van der Waals surface area contributed by atoms with Crippen LogP contribution in [0.1, 0.15) is 5.56 Å². The third-order valence-corrected chi connectivity index (χ3v) is 2.97. The van der Waals surface area contributed by atoms with Crippen LogP contribution in [-0.2, 0) is 7.05 Å². The van der Waals surface area contributed by atoms with Crippen LogP contribution in [0.15, 0.2) is 33.9 Å². The summed E-state index contributed by atoms with van der Waals surface area (Å²) in [5.41, 5.74) is 6.25. The van der Waals surface area contributed by atoms with Crippen LogP contribution in [0.4, 0.5) is 5.82 Å². The number of benzene rings is 1. The normalized spacial score (nSPS) is 10.6. The molecule has 5 nitrogen and oxygen atoms in total. The van der Waals surface area contributed by atoms with Gasteiger partial charge in [-0.2, -0.15) is 0 Å². The molecule has 2 rings (SSSR count). The number of nitrogens with zero attached hydrogens (tertiary/aromatic N) is 2. The number of nitrogen functional groups attached to an aromatic ring is 1. The average molecular weight is 266 g/mol. The highest BCUT2D eigenvalue weighted by Crippen LogP contribution is 2.19. The minimum atomic E-state index is -0.481. The van der Waals surface area contributed by atoms with Crippen molar-refractivity contribution in [3.8, 4) is 5.69 Å². The largest absolute Gasteiger partial charge is 0.385 e. The van der Waals surface area contributed by atoms with Gasteiger partial charge in [0, 0.05) is 18.1 Å². The second-order valence-electron chi connectivity index (χ2n) is 4.02. The molecule has 2 N–H and O–H groups in total. The molecule has 0 spiro atoms.